The molecule has 1 heterocycles. The van der Waals surface area contributed by atoms with Gasteiger partial charge in [0.1, 0.15) is 5.82 Å². The molecule has 1 aromatic carbocycles. The summed E-state index contributed by atoms with van der Waals surface area (Å²) in [6.07, 6.45) is 1.39. The summed E-state index contributed by atoms with van der Waals surface area (Å²) in [5, 5.41) is 0.363. The van der Waals surface area contributed by atoms with E-state index in [0.717, 1.165) is 0 Å². The summed E-state index contributed by atoms with van der Waals surface area (Å²) in [5.74, 6) is -0.519. The third kappa shape index (κ3) is 3.25. The molecule has 3 N–H and O–H groups in total. The Kier molecular flexibility index (Phi) is 3.91. The Morgan fingerprint density at radius 1 is 1.20 bits per heavy atom. The lowest BCUT2D eigenvalue weighted by molar-refractivity contribution is 0.1000. The maximum Gasteiger partial charge on any atom is 0.263 e. The first-order valence-corrected chi connectivity index (χ1v) is 7.29. The smallest absolute Gasteiger partial charge is 0.263 e. The zero-order valence-electron chi connectivity index (χ0n) is 10.1. The number of hydrogen-bond donors (Lipinski definition) is 2. The average molecular weight is 312 g/mol. The van der Waals surface area contributed by atoms with E-state index in [1.54, 1.807) is 0 Å². The van der Waals surface area contributed by atoms with Crippen LogP contribution in [0.4, 0.5) is 5.82 Å². The fourth-order valence-electron chi connectivity index (χ4n) is 1.46. The molecule has 0 bridgehead atoms. The lowest BCUT2D eigenvalue weighted by atomic mass is 10.2. The Morgan fingerprint density at radius 3 is 2.40 bits per heavy atom. The van der Waals surface area contributed by atoms with Crippen molar-refractivity contribution in [2.75, 3.05) is 4.72 Å². The molecule has 0 aliphatic heterocycles. The number of nitrogens with two attached hydrogens (primary N) is 1. The molecule has 0 unspecified atom stereocenters. The van der Waals surface area contributed by atoms with Crippen LogP contribution in [0.3, 0.4) is 0 Å². The van der Waals surface area contributed by atoms with Crippen molar-refractivity contribution in [2.24, 2.45) is 5.73 Å². The first-order chi connectivity index (χ1) is 9.38. The summed E-state index contributed by atoms with van der Waals surface area (Å²) in [4.78, 5) is 14.8. The van der Waals surface area contributed by atoms with Crippen molar-refractivity contribution < 1.29 is 13.2 Å². The van der Waals surface area contributed by atoms with Crippen molar-refractivity contribution in [3.05, 3.63) is 53.2 Å². The van der Waals surface area contributed by atoms with Crippen LogP contribution in [0.5, 0.6) is 0 Å². The number of amides is 1. The van der Waals surface area contributed by atoms with Gasteiger partial charge in [-0.15, -0.1) is 0 Å². The molecule has 1 aromatic heterocycles. The SMILES string of the molecule is NC(=O)c1ccc(S(=O)(=O)Nc2cc(Cl)ccn2)cc1. The Bertz CT molecular complexity index is 745. The van der Waals surface area contributed by atoms with Gasteiger partial charge in [0.15, 0.2) is 0 Å². The predicted molar refractivity (Wildman–Crippen MR) is 75.0 cm³/mol. The molecule has 8 heteroatoms. The number of sulfonamides is 1. The lowest BCUT2D eigenvalue weighted by Crippen LogP contribution is -2.15. The molecule has 0 atom stereocenters. The normalized spacial score (nSPS) is 11.1. The van der Waals surface area contributed by atoms with E-state index in [1.165, 1.54) is 42.6 Å². The van der Waals surface area contributed by atoms with E-state index in [9.17, 15) is 13.2 Å². The van der Waals surface area contributed by atoms with Gasteiger partial charge < -0.3 is 5.73 Å². The van der Waals surface area contributed by atoms with Gasteiger partial charge in [-0.2, -0.15) is 0 Å². The van der Waals surface area contributed by atoms with Gasteiger partial charge in [-0.25, -0.2) is 13.4 Å². The quantitative estimate of drug-likeness (QED) is 0.895. The number of aromatic nitrogens is 1. The Balaban J connectivity index is 2.28. The zero-order chi connectivity index (χ0) is 14.8. The number of halogens is 1. The summed E-state index contributed by atoms with van der Waals surface area (Å²) in [6.45, 7) is 0. The monoisotopic (exact) mass is 311 g/mol. The first kappa shape index (κ1) is 14.3. The van der Waals surface area contributed by atoms with E-state index < -0.39 is 15.9 Å². The molecule has 2 aromatic rings. The van der Waals surface area contributed by atoms with E-state index in [1.807, 2.05) is 0 Å². The number of rotatable bonds is 4. The number of nitrogens with zero attached hydrogens (tertiary/aromatic N) is 1. The molecule has 0 fully saturated rings. The number of pyridine rings is 1. The van der Waals surface area contributed by atoms with Crippen molar-refractivity contribution in [3.63, 3.8) is 0 Å². The van der Waals surface area contributed by atoms with Crippen molar-refractivity contribution >= 4 is 33.3 Å². The Hall–Kier alpha value is -2.12. The van der Waals surface area contributed by atoms with Crippen LogP contribution in [-0.2, 0) is 10.0 Å². The molecular weight excluding hydrogens is 302 g/mol. The van der Waals surface area contributed by atoms with Gasteiger partial charge in [0.2, 0.25) is 5.91 Å². The minimum atomic E-state index is -3.80. The van der Waals surface area contributed by atoms with Crippen molar-refractivity contribution in [1.29, 1.82) is 0 Å². The van der Waals surface area contributed by atoms with Crippen LogP contribution in [0.25, 0.3) is 0 Å². The van der Waals surface area contributed by atoms with Crippen molar-refractivity contribution in [1.82, 2.24) is 4.98 Å². The number of hydrogen-bond acceptors (Lipinski definition) is 4. The van der Waals surface area contributed by atoms with Crippen LogP contribution in [-0.4, -0.2) is 19.3 Å². The van der Waals surface area contributed by atoms with Crippen LogP contribution >= 0.6 is 11.6 Å². The van der Waals surface area contributed by atoms with Gasteiger partial charge in [0.05, 0.1) is 4.90 Å². The molecule has 0 saturated carbocycles. The molecule has 0 saturated heterocycles. The number of benzene rings is 1. The summed E-state index contributed by atoms with van der Waals surface area (Å²) < 4.78 is 26.5. The van der Waals surface area contributed by atoms with Gasteiger partial charge in [0.25, 0.3) is 10.0 Å². The van der Waals surface area contributed by atoms with Crippen LogP contribution in [0, 0.1) is 0 Å². The number of anilines is 1. The van der Waals surface area contributed by atoms with Crippen molar-refractivity contribution in [2.45, 2.75) is 4.90 Å². The number of carbonyl (C=O) groups is 1. The van der Waals surface area contributed by atoms with E-state index in [0.29, 0.717) is 5.02 Å². The van der Waals surface area contributed by atoms with E-state index in [4.69, 9.17) is 17.3 Å². The highest BCUT2D eigenvalue weighted by molar-refractivity contribution is 7.92. The fraction of sp³-hybridized carbons (Fsp3) is 0. The van der Waals surface area contributed by atoms with Gasteiger partial charge in [0, 0.05) is 22.8 Å². The molecule has 1 amide bonds. The van der Waals surface area contributed by atoms with E-state index in [2.05, 4.69) is 9.71 Å². The predicted octanol–water partition coefficient (Wildman–Crippen LogP) is 1.63. The standard InChI is InChI=1S/C12H10ClN3O3S/c13-9-5-6-15-11(7-9)16-20(18,19)10-3-1-8(2-4-10)12(14)17/h1-7H,(H2,14,17)(H,15,16). The molecule has 6 nitrogen and oxygen atoms in total. The minimum absolute atomic E-state index is 0.00993. The summed E-state index contributed by atoms with van der Waals surface area (Å²) >= 11 is 5.75. The van der Waals surface area contributed by atoms with Crippen LogP contribution in [0.2, 0.25) is 5.02 Å². The largest absolute Gasteiger partial charge is 0.366 e. The second kappa shape index (κ2) is 5.48. The van der Waals surface area contributed by atoms with Crippen molar-refractivity contribution in [3.8, 4) is 0 Å². The molecule has 20 heavy (non-hydrogen) atoms. The first-order valence-electron chi connectivity index (χ1n) is 5.43. The molecule has 0 aliphatic rings. The van der Waals surface area contributed by atoms with E-state index in [-0.39, 0.29) is 16.3 Å². The maximum absolute atomic E-state index is 12.1. The third-order valence-electron chi connectivity index (χ3n) is 2.41. The topological polar surface area (TPSA) is 102 Å². The van der Waals surface area contributed by atoms with Gasteiger partial charge in [-0.3, -0.25) is 9.52 Å². The summed E-state index contributed by atoms with van der Waals surface area (Å²) in [7, 11) is -3.80. The molecule has 0 aliphatic carbocycles. The van der Waals surface area contributed by atoms with Crippen LogP contribution in [0.1, 0.15) is 10.4 Å². The Labute approximate surface area is 120 Å². The molecule has 2 rings (SSSR count). The third-order valence-corrected chi connectivity index (χ3v) is 4.02. The summed E-state index contributed by atoms with van der Waals surface area (Å²) in [6, 6.07) is 8.16. The van der Waals surface area contributed by atoms with Gasteiger partial charge in [-0.1, -0.05) is 11.6 Å². The minimum Gasteiger partial charge on any atom is -0.366 e. The maximum atomic E-state index is 12.1. The van der Waals surface area contributed by atoms with Crippen LogP contribution < -0.4 is 10.5 Å². The molecule has 0 spiro atoms. The zero-order valence-corrected chi connectivity index (χ0v) is 11.6. The molecule has 104 valence electrons. The van der Waals surface area contributed by atoms with E-state index >= 15 is 0 Å². The van der Waals surface area contributed by atoms with Gasteiger partial charge >= 0.3 is 0 Å². The molecule has 0 radical (unpaired) electrons. The highest BCUT2D eigenvalue weighted by Gasteiger charge is 2.15. The Morgan fingerprint density at radius 2 is 1.85 bits per heavy atom. The number of primary amides is 1. The fourth-order valence-corrected chi connectivity index (χ4v) is 2.61. The second-order valence-corrected chi connectivity index (χ2v) is 5.97. The highest BCUT2D eigenvalue weighted by Crippen LogP contribution is 2.17. The number of carbonyl (C=O) groups excluding carboxylic acids is 1. The summed E-state index contributed by atoms with van der Waals surface area (Å²) in [5.41, 5.74) is 5.31. The van der Waals surface area contributed by atoms with Crippen LogP contribution in [0.15, 0.2) is 47.5 Å². The highest BCUT2D eigenvalue weighted by atomic mass is 35.5. The van der Waals surface area contributed by atoms with Gasteiger partial charge in [-0.05, 0) is 30.3 Å². The molecular formula is C12H10ClN3O3S. The average Bonchev–Trinajstić information content (AvgIpc) is 2.38. The lowest BCUT2D eigenvalue weighted by Gasteiger charge is -2.07. The second-order valence-electron chi connectivity index (χ2n) is 3.85. The number of nitrogens with one attached hydrogen (secondary N) is 1.